The highest BCUT2D eigenvalue weighted by atomic mass is 16.2. The molecule has 0 radical (unpaired) electrons. The van der Waals surface area contributed by atoms with Crippen molar-refractivity contribution >= 4 is 17.7 Å². The number of nitrogens with zero attached hydrogens (tertiary/aromatic N) is 2. The predicted octanol–water partition coefficient (Wildman–Crippen LogP) is 0.618. The number of carbonyl (C=O) groups is 3. The molecule has 0 aromatic heterocycles. The van der Waals surface area contributed by atoms with Gasteiger partial charge in [0.05, 0.1) is 0 Å². The normalized spacial score (nSPS) is 25.8. The second-order valence-electron chi connectivity index (χ2n) is 7.86. The average Bonchev–Trinajstić information content (AvgIpc) is 3.20. The zero-order valence-electron chi connectivity index (χ0n) is 15.4. The van der Waals surface area contributed by atoms with E-state index in [4.69, 9.17) is 5.73 Å². The Balaban J connectivity index is 1.43. The number of fused-ring (bicyclic) bond motifs is 1. The van der Waals surface area contributed by atoms with Gasteiger partial charge >= 0.3 is 0 Å². The Morgan fingerprint density at radius 3 is 2.81 bits per heavy atom. The van der Waals surface area contributed by atoms with Gasteiger partial charge in [-0.15, -0.1) is 0 Å². The fraction of sp³-hybridized carbons (Fsp3) is 0.550. The van der Waals surface area contributed by atoms with E-state index in [0.717, 1.165) is 38.2 Å². The lowest BCUT2D eigenvalue weighted by atomic mass is 10.0. The molecule has 0 bridgehead atoms. The first-order valence-electron chi connectivity index (χ1n) is 9.74. The number of nitrogens with two attached hydrogens (primary N) is 1. The highest BCUT2D eigenvalue weighted by Crippen LogP contribution is 2.29. The molecule has 0 saturated carbocycles. The molecule has 4 rings (SSSR count). The second-order valence-corrected chi connectivity index (χ2v) is 7.86. The van der Waals surface area contributed by atoms with Crippen LogP contribution in [-0.2, 0) is 22.7 Å². The summed E-state index contributed by atoms with van der Waals surface area (Å²) in [5.74, 6) is -0.0545. The first kappa shape index (κ1) is 18.1. The minimum absolute atomic E-state index is 0.116. The van der Waals surface area contributed by atoms with Crippen molar-refractivity contribution in [2.45, 2.75) is 44.8 Å². The SMILES string of the molecule is NCCC1CCN(Cc2ccc3c(c2)CN(C2CCC(=O)NC2=O)C3=O)C1. The van der Waals surface area contributed by atoms with Gasteiger partial charge in [-0.1, -0.05) is 12.1 Å². The topological polar surface area (TPSA) is 95.7 Å². The Kier molecular flexibility index (Phi) is 4.97. The number of nitrogens with one attached hydrogen (secondary N) is 1. The number of hydrogen-bond acceptors (Lipinski definition) is 5. The van der Waals surface area contributed by atoms with E-state index >= 15 is 0 Å². The van der Waals surface area contributed by atoms with E-state index in [1.54, 1.807) is 4.90 Å². The van der Waals surface area contributed by atoms with E-state index in [1.165, 1.54) is 12.0 Å². The van der Waals surface area contributed by atoms with Crippen molar-refractivity contribution in [1.29, 1.82) is 0 Å². The maximum Gasteiger partial charge on any atom is 0.255 e. The minimum atomic E-state index is -0.554. The Morgan fingerprint density at radius 2 is 2.04 bits per heavy atom. The lowest BCUT2D eigenvalue weighted by molar-refractivity contribution is -0.136. The fourth-order valence-electron chi connectivity index (χ4n) is 4.51. The van der Waals surface area contributed by atoms with E-state index in [1.807, 2.05) is 12.1 Å². The second kappa shape index (κ2) is 7.40. The van der Waals surface area contributed by atoms with E-state index in [9.17, 15) is 14.4 Å². The van der Waals surface area contributed by atoms with Crippen LogP contribution in [0.3, 0.4) is 0 Å². The highest BCUT2D eigenvalue weighted by molar-refractivity contribution is 6.05. The third-order valence-corrected chi connectivity index (χ3v) is 5.94. The summed E-state index contributed by atoms with van der Waals surface area (Å²) in [5, 5.41) is 2.34. The number of carbonyl (C=O) groups excluding carboxylic acids is 3. The third kappa shape index (κ3) is 3.61. The van der Waals surface area contributed by atoms with Crippen LogP contribution in [-0.4, -0.2) is 53.2 Å². The number of piperidine rings is 1. The number of benzene rings is 1. The van der Waals surface area contributed by atoms with Gasteiger partial charge in [0.1, 0.15) is 6.04 Å². The molecule has 2 saturated heterocycles. The van der Waals surface area contributed by atoms with Gasteiger partial charge in [-0.25, -0.2) is 0 Å². The maximum absolute atomic E-state index is 12.7. The minimum Gasteiger partial charge on any atom is -0.330 e. The summed E-state index contributed by atoms with van der Waals surface area (Å²) in [5.41, 5.74) is 8.51. The van der Waals surface area contributed by atoms with E-state index in [-0.39, 0.29) is 24.1 Å². The van der Waals surface area contributed by atoms with Crippen molar-refractivity contribution in [2.75, 3.05) is 19.6 Å². The van der Waals surface area contributed by atoms with E-state index in [0.29, 0.717) is 24.4 Å². The van der Waals surface area contributed by atoms with Crippen LogP contribution < -0.4 is 11.1 Å². The van der Waals surface area contributed by atoms with Gasteiger partial charge in [-0.05, 0) is 55.5 Å². The molecule has 3 N–H and O–H groups in total. The molecule has 2 fully saturated rings. The Hall–Kier alpha value is -2.25. The molecule has 0 spiro atoms. The first-order chi connectivity index (χ1) is 13.0. The summed E-state index contributed by atoms with van der Waals surface area (Å²) < 4.78 is 0. The zero-order chi connectivity index (χ0) is 19.0. The van der Waals surface area contributed by atoms with Crippen LogP contribution in [0, 0.1) is 5.92 Å². The molecule has 7 nitrogen and oxygen atoms in total. The van der Waals surface area contributed by atoms with Crippen molar-refractivity contribution in [3.8, 4) is 0 Å². The molecular formula is C20H26N4O3. The summed E-state index contributed by atoms with van der Waals surface area (Å²) in [6.07, 6.45) is 2.95. The molecule has 1 aromatic rings. The Morgan fingerprint density at radius 1 is 1.19 bits per heavy atom. The largest absolute Gasteiger partial charge is 0.330 e. The van der Waals surface area contributed by atoms with E-state index in [2.05, 4.69) is 16.3 Å². The van der Waals surface area contributed by atoms with Crippen LogP contribution >= 0.6 is 0 Å². The van der Waals surface area contributed by atoms with E-state index < -0.39 is 6.04 Å². The summed E-state index contributed by atoms with van der Waals surface area (Å²) in [6.45, 7) is 4.22. The standard InChI is InChI=1S/C20H26N4O3/c21-7-5-13-6-8-23(10-13)11-14-1-2-16-15(9-14)12-24(20(16)27)17-3-4-18(25)22-19(17)26/h1-2,9,13,17H,3-8,10-12,21H2,(H,22,25,26). The number of hydrogen-bond donors (Lipinski definition) is 2. The maximum atomic E-state index is 12.7. The van der Waals surface area contributed by atoms with Gasteiger partial charge < -0.3 is 10.6 Å². The molecular weight excluding hydrogens is 344 g/mol. The summed E-state index contributed by atoms with van der Waals surface area (Å²) in [4.78, 5) is 40.3. The van der Waals surface area contributed by atoms with Crippen LogP contribution in [0.15, 0.2) is 18.2 Å². The molecule has 27 heavy (non-hydrogen) atoms. The van der Waals surface area contributed by atoms with Crippen LogP contribution in [0.4, 0.5) is 0 Å². The van der Waals surface area contributed by atoms with Gasteiger partial charge in [0, 0.05) is 31.6 Å². The Bertz CT molecular complexity index is 778. The molecule has 3 heterocycles. The van der Waals surface area contributed by atoms with Crippen molar-refractivity contribution < 1.29 is 14.4 Å². The predicted molar refractivity (Wildman–Crippen MR) is 99.5 cm³/mol. The summed E-state index contributed by atoms with van der Waals surface area (Å²) in [7, 11) is 0. The number of imide groups is 1. The van der Waals surface area contributed by atoms with Gasteiger partial charge in [-0.2, -0.15) is 0 Å². The van der Waals surface area contributed by atoms with Crippen molar-refractivity contribution in [3.05, 3.63) is 34.9 Å². The third-order valence-electron chi connectivity index (χ3n) is 5.94. The summed E-state index contributed by atoms with van der Waals surface area (Å²) >= 11 is 0. The van der Waals surface area contributed by atoms with Crippen LogP contribution in [0.1, 0.15) is 47.2 Å². The lowest BCUT2D eigenvalue weighted by Crippen LogP contribution is -2.52. The molecule has 7 heteroatoms. The van der Waals surface area contributed by atoms with Crippen LogP contribution in [0.5, 0.6) is 0 Å². The van der Waals surface area contributed by atoms with Gasteiger partial charge in [0.15, 0.2) is 0 Å². The van der Waals surface area contributed by atoms with Gasteiger partial charge in [-0.3, -0.25) is 24.6 Å². The molecule has 1 aromatic carbocycles. The molecule has 2 unspecified atom stereocenters. The van der Waals surface area contributed by atoms with Crippen LogP contribution in [0.25, 0.3) is 0 Å². The lowest BCUT2D eigenvalue weighted by Gasteiger charge is -2.29. The van der Waals surface area contributed by atoms with Gasteiger partial charge in [0.25, 0.3) is 5.91 Å². The van der Waals surface area contributed by atoms with Crippen molar-refractivity contribution in [3.63, 3.8) is 0 Å². The number of amides is 3. The first-order valence-corrected chi connectivity index (χ1v) is 9.74. The van der Waals surface area contributed by atoms with Gasteiger partial charge in [0.2, 0.25) is 11.8 Å². The molecule has 0 aliphatic carbocycles. The monoisotopic (exact) mass is 370 g/mol. The zero-order valence-corrected chi connectivity index (χ0v) is 15.4. The quantitative estimate of drug-likeness (QED) is 0.741. The number of rotatable bonds is 5. The van der Waals surface area contributed by atoms with Crippen LogP contribution in [0.2, 0.25) is 0 Å². The summed E-state index contributed by atoms with van der Waals surface area (Å²) in [6, 6.07) is 5.43. The smallest absolute Gasteiger partial charge is 0.255 e. The average molecular weight is 370 g/mol. The molecule has 2 atom stereocenters. The molecule has 144 valence electrons. The van der Waals surface area contributed by atoms with Crippen molar-refractivity contribution in [2.24, 2.45) is 11.7 Å². The molecule has 3 aliphatic rings. The fourth-order valence-corrected chi connectivity index (χ4v) is 4.51. The number of likely N-dealkylation sites (tertiary alicyclic amines) is 1. The Labute approximate surface area is 158 Å². The molecule has 3 aliphatic heterocycles. The molecule has 3 amide bonds. The van der Waals surface area contributed by atoms with Crippen molar-refractivity contribution in [1.82, 2.24) is 15.1 Å². The highest BCUT2D eigenvalue weighted by Gasteiger charge is 2.39.